The van der Waals surface area contributed by atoms with Crippen LogP contribution < -0.4 is 10.6 Å². The quantitative estimate of drug-likeness (QED) is 0.452. The van der Waals surface area contributed by atoms with Gasteiger partial charge in [0.15, 0.2) is 6.10 Å². The molecule has 0 saturated carbocycles. The number of aliphatic hydroxyl groups excluding tert-OH is 1. The summed E-state index contributed by atoms with van der Waals surface area (Å²) in [6.07, 6.45) is 1.70. The highest BCUT2D eigenvalue weighted by Gasteiger charge is 2.49. The molecule has 1 aliphatic heterocycles. The van der Waals surface area contributed by atoms with Gasteiger partial charge < -0.3 is 20.6 Å². The topological polar surface area (TPSA) is 98.7 Å². The molecule has 0 unspecified atom stereocenters. The summed E-state index contributed by atoms with van der Waals surface area (Å²) in [6, 6.07) is 15.5. The van der Waals surface area contributed by atoms with Gasteiger partial charge in [-0.25, -0.2) is 0 Å². The number of rotatable bonds is 9. The minimum atomic E-state index is -1.51. The Balaban J connectivity index is 1.78. The van der Waals surface area contributed by atoms with Crippen LogP contribution in [0.25, 0.3) is 0 Å². The first kappa shape index (κ1) is 27.5. The van der Waals surface area contributed by atoms with Crippen molar-refractivity contribution in [2.75, 3.05) is 5.88 Å². The van der Waals surface area contributed by atoms with E-state index in [1.807, 2.05) is 75.4 Å². The van der Waals surface area contributed by atoms with E-state index in [9.17, 15) is 19.5 Å². The van der Waals surface area contributed by atoms with Crippen LogP contribution in [0.1, 0.15) is 37.5 Å². The third kappa shape index (κ3) is 6.77. The van der Waals surface area contributed by atoms with Crippen LogP contribution in [0.5, 0.6) is 0 Å². The summed E-state index contributed by atoms with van der Waals surface area (Å²) in [6.45, 7) is 7.90. The monoisotopic (exact) mass is 509 g/mol. The Hall–Kier alpha value is -3.10. The average molecular weight is 510 g/mol. The highest BCUT2D eigenvalue weighted by molar-refractivity contribution is 8.00. The molecule has 7 nitrogen and oxygen atoms in total. The standard InChI is InChI=1S/C28H35N3O4S/c1-5-11-23(32)30-22(16-20-13-7-6-8-14-20)24(33)27(35)31-18-36-28(3,4)25(31)26(34)29-17-21-15-10-9-12-19(21)2/h5-15,22,24-25,33H,16-18H2,1-4H3,(H,29,34)(H,30,32)/b11-5+/t22-,24-,25+/m0/s1. The summed E-state index contributed by atoms with van der Waals surface area (Å²) in [5.41, 5.74) is 2.95. The predicted molar refractivity (Wildman–Crippen MR) is 143 cm³/mol. The number of allylic oxidation sites excluding steroid dienone is 1. The number of nitrogens with zero attached hydrogens (tertiary/aromatic N) is 1. The Morgan fingerprint density at radius 3 is 2.47 bits per heavy atom. The van der Waals surface area contributed by atoms with Crippen LogP contribution in [-0.2, 0) is 27.3 Å². The molecule has 2 aromatic carbocycles. The van der Waals surface area contributed by atoms with E-state index in [1.165, 1.54) is 22.7 Å². The first-order valence-electron chi connectivity index (χ1n) is 12.1. The lowest BCUT2D eigenvalue weighted by Crippen LogP contribution is -2.58. The third-order valence-electron chi connectivity index (χ3n) is 6.37. The summed E-state index contributed by atoms with van der Waals surface area (Å²) in [5, 5.41) is 16.9. The number of amides is 3. The van der Waals surface area contributed by atoms with Crippen molar-refractivity contribution in [1.82, 2.24) is 15.5 Å². The van der Waals surface area contributed by atoms with Crippen LogP contribution in [0.15, 0.2) is 66.7 Å². The van der Waals surface area contributed by atoms with Gasteiger partial charge in [0, 0.05) is 11.3 Å². The van der Waals surface area contributed by atoms with Gasteiger partial charge in [-0.2, -0.15) is 0 Å². The minimum Gasteiger partial charge on any atom is -0.381 e. The second-order valence-corrected chi connectivity index (χ2v) is 11.1. The third-order valence-corrected chi connectivity index (χ3v) is 7.74. The molecule has 3 rings (SSSR count). The molecule has 3 atom stereocenters. The molecule has 0 aliphatic carbocycles. The van der Waals surface area contributed by atoms with E-state index < -0.39 is 34.7 Å². The van der Waals surface area contributed by atoms with Crippen molar-refractivity contribution in [3.63, 3.8) is 0 Å². The van der Waals surface area contributed by atoms with E-state index in [0.717, 1.165) is 16.7 Å². The van der Waals surface area contributed by atoms with E-state index in [1.54, 1.807) is 13.0 Å². The Morgan fingerprint density at radius 1 is 1.14 bits per heavy atom. The number of carbonyl (C=O) groups excluding carboxylic acids is 3. The van der Waals surface area contributed by atoms with Gasteiger partial charge in [-0.05, 0) is 56.9 Å². The molecule has 0 bridgehead atoms. The van der Waals surface area contributed by atoms with E-state index in [-0.39, 0.29) is 18.2 Å². The number of carbonyl (C=O) groups is 3. The molecule has 1 saturated heterocycles. The van der Waals surface area contributed by atoms with Crippen molar-refractivity contribution < 1.29 is 19.5 Å². The SMILES string of the molecule is C/C=C/C(=O)N[C@@H](Cc1ccccc1)[C@H](O)C(=O)N1CSC(C)(C)[C@H]1C(=O)NCc1ccccc1C. The second-order valence-electron chi connectivity index (χ2n) is 9.48. The van der Waals surface area contributed by atoms with Gasteiger partial charge in [0.1, 0.15) is 6.04 Å². The Morgan fingerprint density at radius 2 is 1.81 bits per heavy atom. The fraction of sp³-hybridized carbons (Fsp3) is 0.393. The lowest BCUT2D eigenvalue weighted by molar-refractivity contribution is -0.147. The van der Waals surface area contributed by atoms with E-state index in [2.05, 4.69) is 10.6 Å². The normalized spacial score (nSPS) is 18.6. The predicted octanol–water partition coefficient (Wildman–Crippen LogP) is 2.96. The molecule has 1 heterocycles. The van der Waals surface area contributed by atoms with Gasteiger partial charge in [0.2, 0.25) is 11.8 Å². The number of hydrogen-bond acceptors (Lipinski definition) is 5. The molecule has 3 amide bonds. The molecular formula is C28H35N3O4S. The maximum atomic E-state index is 13.6. The van der Waals surface area contributed by atoms with Crippen LogP contribution >= 0.6 is 11.8 Å². The molecular weight excluding hydrogens is 474 g/mol. The van der Waals surface area contributed by atoms with Gasteiger partial charge in [-0.1, -0.05) is 60.7 Å². The molecule has 3 N–H and O–H groups in total. The summed E-state index contributed by atoms with van der Waals surface area (Å²) >= 11 is 1.49. The fourth-order valence-electron chi connectivity index (χ4n) is 4.33. The van der Waals surface area contributed by atoms with Crippen molar-refractivity contribution in [1.29, 1.82) is 0 Å². The first-order valence-corrected chi connectivity index (χ1v) is 13.0. The van der Waals surface area contributed by atoms with Crippen molar-refractivity contribution in [2.24, 2.45) is 0 Å². The average Bonchev–Trinajstić information content (AvgIpc) is 3.17. The lowest BCUT2D eigenvalue weighted by Gasteiger charge is -2.33. The van der Waals surface area contributed by atoms with E-state index in [0.29, 0.717) is 6.54 Å². The number of thioether (sulfide) groups is 1. The summed E-state index contributed by atoms with van der Waals surface area (Å²) in [7, 11) is 0. The van der Waals surface area contributed by atoms with Crippen molar-refractivity contribution in [2.45, 2.75) is 63.6 Å². The van der Waals surface area contributed by atoms with Crippen molar-refractivity contribution in [3.8, 4) is 0 Å². The van der Waals surface area contributed by atoms with Gasteiger partial charge in [0.05, 0.1) is 11.9 Å². The molecule has 0 aromatic heterocycles. The number of nitrogens with one attached hydrogen (secondary N) is 2. The highest BCUT2D eigenvalue weighted by Crippen LogP contribution is 2.40. The van der Waals surface area contributed by atoms with Crippen LogP contribution in [0, 0.1) is 6.92 Å². The number of hydrogen-bond donors (Lipinski definition) is 3. The number of aliphatic hydroxyl groups is 1. The molecule has 1 fully saturated rings. The zero-order valence-corrected chi connectivity index (χ0v) is 22.0. The van der Waals surface area contributed by atoms with Crippen molar-refractivity contribution in [3.05, 3.63) is 83.4 Å². The minimum absolute atomic E-state index is 0.269. The van der Waals surface area contributed by atoms with Crippen LogP contribution in [0.2, 0.25) is 0 Å². The molecule has 192 valence electrons. The molecule has 2 aromatic rings. The Labute approximate surface area is 217 Å². The van der Waals surface area contributed by atoms with Crippen molar-refractivity contribution >= 4 is 29.5 Å². The van der Waals surface area contributed by atoms with Gasteiger partial charge in [-0.3, -0.25) is 14.4 Å². The number of aryl methyl sites for hydroxylation is 1. The maximum absolute atomic E-state index is 13.6. The fourth-order valence-corrected chi connectivity index (χ4v) is 5.47. The smallest absolute Gasteiger partial charge is 0.254 e. The Bertz CT molecular complexity index is 1100. The lowest BCUT2D eigenvalue weighted by atomic mass is 9.97. The van der Waals surface area contributed by atoms with Crippen LogP contribution in [0.3, 0.4) is 0 Å². The molecule has 36 heavy (non-hydrogen) atoms. The number of benzene rings is 2. The summed E-state index contributed by atoms with van der Waals surface area (Å²) in [5.74, 6) is -0.974. The highest BCUT2D eigenvalue weighted by atomic mass is 32.2. The van der Waals surface area contributed by atoms with Gasteiger partial charge >= 0.3 is 0 Å². The molecule has 8 heteroatoms. The van der Waals surface area contributed by atoms with Crippen LogP contribution in [0.4, 0.5) is 0 Å². The Kier molecular flexibility index (Phi) is 9.34. The van der Waals surface area contributed by atoms with Gasteiger partial charge in [-0.15, -0.1) is 11.8 Å². The van der Waals surface area contributed by atoms with Gasteiger partial charge in [0.25, 0.3) is 5.91 Å². The first-order chi connectivity index (χ1) is 17.1. The zero-order valence-electron chi connectivity index (χ0n) is 21.2. The summed E-state index contributed by atoms with van der Waals surface area (Å²) < 4.78 is -0.547. The zero-order chi connectivity index (χ0) is 26.3. The largest absolute Gasteiger partial charge is 0.381 e. The molecule has 0 spiro atoms. The molecule has 0 radical (unpaired) electrons. The van der Waals surface area contributed by atoms with E-state index in [4.69, 9.17) is 0 Å². The van der Waals surface area contributed by atoms with Crippen LogP contribution in [-0.4, -0.2) is 56.5 Å². The summed E-state index contributed by atoms with van der Waals surface area (Å²) in [4.78, 5) is 40.6. The second kappa shape index (κ2) is 12.2. The maximum Gasteiger partial charge on any atom is 0.254 e. The van der Waals surface area contributed by atoms with E-state index >= 15 is 0 Å². The molecule has 1 aliphatic rings.